The van der Waals surface area contributed by atoms with Gasteiger partial charge in [-0.3, -0.25) is 14.4 Å². The Hall–Kier alpha value is -1.67. The van der Waals surface area contributed by atoms with Gasteiger partial charge in [-0.2, -0.15) is 0 Å². The highest BCUT2D eigenvalue weighted by Gasteiger charge is 2.46. The van der Waals surface area contributed by atoms with Gasteiger partial charge < -0.3 is 25.2 Å². The first-order chi connectivity index (χ1) is 19.1. The molecule has 0 spiro atoms. The van der Waals surface area contributed by atoms with E-state index in [1.54, 1.807) is 13.8 Å². The summed E-state index contributed by atoms with van der Waals surface area (Å²) in [6, 6.07) is -0.549. The molecular formula is C33H62N2O6. The summed E-state index contributed by atoms with van der Waals surface area (Å²) in [5.74, 6) is -2.20. The second-order valence-corrected chi connectivity index (χ2v) is 14.3. The summed E-state index contributed by atoms with van der Waals surface area (Å²) in [6.07, 6.45) is 13.7. The average Bonchev–Trinajstić information content (AvgIpc) is 2.85. The fraction of sp³-hybridized carbons (Fsp3) is 0.909. The van der Waals surface area contributed by atoms with E-state index in [0.29, 0.717) is 26.0 Å². The van der Waals surface area contributed by atoms with E-state index in [1.165, 1.54) is 51.4 Å². The van der Waals surface area contributed by atoms with E-state index in [-0.39, 0.29) is 29.6 Å². The molecule has 0 bridgehead atoms. The van der Waals surface area contributed by atoms with Crippen LogP contribution in [0.3, 0.4) is 0 Å². The molecule has 1 aliphatic rings. The zero-order chi connectivity index (χ0) is 31.1. The van der Waals surface area contributed by atoms with Crippen molar-refractivity contribution < 1.29 is 29.0 Å². The van der Waals surface area contributed by atoms with E-state index in [9.17, 15) is 19.5 Å². The number of aliphatic carboxylic acids is 1. The molecule has 2 amide bonds. The zero-order valence-corrected chi connectivity index (χ0v) is 27.5. The SMILES string of the molecule is CCCCCCCCCCCCC(C(=O)NCCCC(CC(=O)O)NC(=O)C1OC(C)(C)OCC1(C)C)C(C)(C)C. The normalized spacial score (nSPS) is 19.8. The highest BCUT2D eigenvalue weighted by molar-refractivity contribution is 5.82. The molecule has 0 aromatic rings. The van der Waals surface area contributed by atoms with Crippen LogP contribution in [0.1, 0.15) is 145 Å². The highest BCUT2D eigenvalue weighted by Crippen LogP contribution is 2.35. The third kappa shape index (κ3) is 15.4. The van der Waals surface area contributed by atoms with Crippen LogP contribution in [-0.2, 0) is 23.9 Å². The average molecular weight is 583 g/mol. The number of rotatable bonds is 20. The number of carbonyl (C=O) groups is 3. The summed E-state index contributed by atoms with van der Waals surface area (Å²) >= 11 is 0. The first-order valence-corrected chi connectivity index (χ1v) is 16.2. The predicted octanol–water partition coefficient (Wildman–Crippen LogP) is 6.99. The Kier molecular flexibility index (Phi) is 16.5. The number of unbranched alkanes of at least 4 members (excludes halogenated alkanes) is 9. The van der Waals surface area contributed by atoms with Crippen LogP contribution in [0, 0.1) is 16.7 Å². The van der Waals surface area contributed by atoms with Crippen molar-refractivity contribution in [2.45, 2.75) is 163 Å². The number of carbonyl (C=O) groups excluding carboxylic acids is 2. The van der Waals surface area contributed by atoms with E-state index in [2.05, 4.69) is 38.3 Å². The van der Waals surface area contributed by atoms with Crippen molar-refractivity contribution in [3.63, 3.8) is 0 Å². The first-order valence-electron chi connectivity index (χ1n) is 16.2. The molecule has 0 aromatic heterocycles. The number of amides is 2. The third-order valence-corrected chi connectivity index (χ3v) is 8.15. The standard InChI is InChI=1S/C33H62N2O6/c1-9-10-11-12-13-14-15-16-17-18-21-26(31(2,3)4)29(38)34-22-19-20-25(23-27(36)37)35-30(39)28-32(5,6)24-40-33(7,8)41-28/h25-26,28H,9-24H2,1-8H3,(H,34,38)(H,35,39)(H,36,37). The molecule has 3 atom stereocenters. The van der Waals surface area contributed by atoms with Crippen LogP contribution < -0.4 is 10.6 Å². The van der Waals surface area contributed by atoms with Crippen molar-refractivity contribution >= 4 is 17.8 Å². The molecule has 0 aromatic carbocycles. The van der Waals surface area contributed by atoms with Crippen LogP contribution in [0.25, 0.3) is 0 Å². The van der Waals surface area contributed by atoms with Gasteiger partial charge in [-0.25, -0.2) is 0 Å². The van der Waals surface area contributed by atoms with Crippen LogP contribution in [0.2, 0.25) is 0 Å². The number of hydrogen-bond acceptors (Lipinski definition) is 5. The summed E-state index contributed by atoms with van der Waals surface area (Å²) in [7, 11) is 0. The van der Waals surface area contributed by atoms with E-state index in [0.717, 1.165) is 19.3 Å². The quantitative estimate of drug-likeness (QED) is 0.133. The van der Waals surface area contributed by atoms with Crippen molar-refractivity contribution in [2.75, 3.05) is 13.2 Å². The molecule has 1 saturated heterocycles. The Morgan fingerprint density at radius 3 is 1.98 bits per heavy atom. The van der Waals surface area contributed by atoms with E-state index in [1.807, 2.05) is 13.8 Å². The molecule has 0 saturated carbocycles. The molecule has 8 heteroatoms. The zero-order valence-electron chi connectivity index (χ0n) is 27.5. The number of carboxylic acid groups (broad SMARTS) is 1. The molecule has 1 fully saturated rings. The second kappa shape index (κ2) is 18.1. The van der Waals surface area contributed by atoms with Gasteiger partial charge in [-0.15, -0.1) is 0 Å². The lowest BCUT2D eigenvalue weighted by atomic mass is 9.77. The number of nitrogens with one attached hydrogen (secondary N) is 2. The maximum Gasteiger partial charge on any atom is 0.305 e. The number of hydrogen-bond donors (Lipinski definition) is 3. The Bertz CT molecular complexity index is 789. The highest BCUT2D eigenvalue weighted by atomic mass is 16.7. The molecule has 1 heterocycles. The molecule has 3 N–H and O–H groups in total. The topological polar surface area (TPSA) is 114 Å². The first kappa shape index (κ1) is 37.4. The van der Waals surface area contributed by atoms with Gasteiger partial charge in [0, 0.05) is 23.9 Å². The van der Waals surface area contributed by atoms with E-state index in [4.69, 9.17) is 9.47 Å². The lowest BCUT2D eigenvalue weighted by Gasteiger charge is -2.45. The minimum absolute atomic E-state index is 0.0619. The van der Waals surface area contributed by atoms with Crippen LogP contribution in [0.5, 0.6) is 0 Å². The lowest BCUT2D eigenvalue weighted by Crippen LogP contribution is -2.57. The molecule has 3 unspecified atom stereocenters. The fourth-order valence-electron chi connectivity index (χ4n) is 5.51. The minimum Gasteiger partial charge on any atom is -0.481 e. The van der Waals surface area contributed by atoms with Crippen LogP contribution in [0.4, 0.5) is 0 Å². The van der Waals surface area contributed by atoms with Crippen LogP contribution in [-0.4, -0.2) is 54.0 Å². The molecule has 41 heavy (non-hydrogen) atoms. The maximum atomic E-state index is 13.1. The van der Waals surface area contributed by atoms with Gasteiger partial charge in [0.25, 0.3) is 0 Å². The second-order valence-electron chi connectivity index (χ2n) is 14.3. The van der Waals surface area contributed by atoms with Gasteiger partial charge in [0.1, 0.15) is 6.10 Å². The fourth-order valence-corrected chi connectivity index (χ4v) is 5.51. The Morgan fingerprint density at radius 1 is 0.878 bits per heavy atom. The summed E-state index contributed by atoms with van der Waals surface area (Å²) in [4.78, 5) is 37.7. The monoisotopic (exact) mass is 582 g/mol. The van der Waals surface area contributed by atoms with Gasteiger partial charge >= 0.3 is 5.97 Å². The third-order valence-electron chi connectivity index (χ3n) is 8.15. The van der Waals surface area contributed by atoms with Gasteiger partial charge in [-0.05, 0) is 38.5 Å². The smallest absolute Gasteiger partial charge is 0.305 e. The predicted molar refractivity (Wildman–Crippen MR) is 165 cm³/mol. The molecular weight excluding hydrogens is 520 g/mol. The van der Waals surface area contributed by atoms with Gasteiger partial charge in [0.15, 0.2) is 5.79 Å². The van der Waals surface area contributed by atoms with Gasteiger partial charge in [0.2, 0.25) is 11.8 Å². The molecule has 0 aliphatic carbocycles. The Morgan fingerprint density at radius 2 is 1.44 bits per heavy atom. The summed E-state index contributed by atoms with van der Waals surface area (Å²) in [5.41, 5.74) is -0.676. The van der Waals surface area contributed by atoms with Crippen LogP contribution >= 0.6 is 0 Å². The van der Waals surface area contributed by atoms with Gasteiger partial charge in [0.05, 0.1) is 13.0 Å². The Labute approximate surface area is 250 Å². The van der Waals surface area contributed by atoms with Crippen molar-refractivity contribution in [1.82, 2.24) is 10.6 Å². The Balaban J connectivity index is 2.50. The van der Waals surface area contributed by atoms with Crippen molar-refractivity contribution in [2.24, 2.45) is 16.7 Å². The van der Waals surface area contributed by atoms with E-state index < -0.39 is 29.3 Å². The number of carboxylic acids is 1. The number of ether oxygens (including phenoxy) is 2. The summed E-state index contributed by atoms with van der Waals surface area (Å²) < 4.78 is 11.6. The van der Waals surface area contributed by atoms with Gasteiger partial charge in [-0.1, -0.05) is 106 Å². The molecule has 240 valence electrons. The minimum atomic E-state index is -0.976. The lowest BCUT2D eigenvalue weighted by molar-refractivity contribution is -0.304. The molecule has 8 nitrogen and oxygen atoms in total. The van der Waals surface area contributed by atoms with Crippen molar-refractivity contribution in [3.05, 3.63) is 0 Å². The molecule has 1 rings (SSSR count). The maximum absolute atomic E-state index is 13.1. The summed E-state index contributed by atoms with van der Waals surface area (Å²) in [6.45, 7) is 16.7. The van der Waals surface area contributed by atoms with E-state index >= 15 is 0 Å². The van der Waals surface area contributed by atoms with Crippen molar-refractivity contribution in [3.8, 4) is 0 Å². The van der Waals surface area contributed by atoms with Crippen molar-refractivity contribution in [1.29, 1.82) is 0 Å². The summed E-state index contributed by atoms with van der Waals surface area (Å²) in [5, 5.41) is 15.4. The molecule has 0 radical (unpaired) electrons. The van der Waals surface area contributed by atoms with Crippen LogP contribution in [0.15, 0.2) is 0 Å². The largest absolute Gasteiger partial charge is 0.481 e. The molecule has 1 aliphatic heterocycles.